The Bertz CT molecular complexity index is 284. The van der Waals surface area contributed by atoms with Crippen molar-refractivity contribution in [3.05, 3.63) is 11.8 Å². The summed E-state index contributed by atoms with van der Waals surface area (Å²) in [6.45, 7) is 2.75. The summed E-state index contributed by atoms with van der Waals surface area (Å²) in [7, 11) is 1.88. The molecule has 5 nitrogen and oxygen atoms in total. The number of rotatable bonds is 6. The minimum Gasteiger partial charge on any atom is -0.370 e. The third-order valence-electron chi connectivity index (χ3n) is 2.78. The van der Waals surface area contributed by atoms with Crippen LogP contribution in [0, 0.1) is 0 Å². The Morgan fingerprint density at radius 3 is 2.88 bits per heavy atom. The zero-order valence-corrected chi connectivity index (χ0v) is 10.2. The fraction of sp³-hybridized carbons (Fsp3) is 0.727. The Hall–Kier alpha value is -1.07. The summed E-state index contributed by atoms with van der Waals surface area (Å²) in [5.41, 5.74) is 12.1. The van der Waals surface area contributed by atoms with Crippen molar-refractivity contribution in [2.75, 3.05) is 13.6 Å². The smallest absolute Gasteiger partial charge is 0.195 e. The van der Waals surface area contributed by atoms with Crippen molar-refractivity contribution >= 4 is 5.96 Å². The fourth-order valence-corrected chi connectivity index (χ4v) is 1.87. The molecule has 1 aliphatic rings. The van der Waals surface area contributed by atoms with Gasteiger partial charge in [0.2, 0.25) is 0 Å². The van der Waals surface area contributed by atoms with Crippen molar-refractivity contribution in [2.24, 2.45) is 16.5 Å². The highest BCUT2D eigenvalue weighted by Crippen LogP contribution is 2.20. The molecule has 0 saturated heterocycles. The second-order valence-corrected chi connectivity index (χ2v) is 4.11. The lowest BCUT2D eigenvalue weighted by Gasteiger charge is -2.31. The van der Waals surface area contributed by atoms with Gasteiger partial charge in [0.15, 0.2) is 5.96 Å². The van der Waals surface area contributed by atoms with Crippen molar-refractivity contribution in [1.82, 2.24) is 10.6 Å². The van der Waals surface area contributed by atoms with Crippen molar-refractivity contribution in [3.8, 4) is 0 Å². The highest BCUT2D eigenvalue weighted by Gasteiger charge is 2.28. The minimum absolute atomic E-state index is 0.423. The molecule has 1 unspecified atom stereocenters. The van der Waals surface area contributed by atoms with Crippen molar-refractivity contribution in [1.29, 1.82) is 0 Å². The van der Waals surface area contributed by atoms with E-state index >= 15 is 0 Å². The average Bonchev–Trinajstić information content (AvgIpc) is 2.26. The van der Waals surface area contributed by atoms with E-state index in [1.54, 1.807) is 0 Å². The summed E-state index contributed by atoms with van der Waals surface area (Å²) in [6, 6.07) is 0. The third kappa shape index (κ3) is 3.21. The number of hydrogen-bond donors (Lipinski definition) is 4. The van der Waals surface area contributed by atoms with Crippen LogP contribution in [-0.4, -0.2) is 25.2 Å². The highest BCUT2D eigenvalue weighted by molar-refractivity contribution is 5.81. The van der Waals surface area contributed by atoms with E-state index in [0.717, 1.165) is 25.0 Å². The monoisotopic (exact) mass is 225 g/mol. The van der Waals surface area contributed by atoms with Crippen LogP contribution >= 0.6 is 0 Å². The molecular weight excluding hydrogens is 202 g/mol. The molecule has 1 aliphatic heterocycles. The molecule has 1 rings (SSSR count). The number of unbranched alkanes of at least 4 members (excludes halogenated alkanes) is 1. The summed E-state index contributed by atoms with van der Waals surface area (Å²) in [5, 5.41) is 6.30. The van der Waals surface area contributed by atoms with Gasteiger partial charge in [-0.3, -0.25) is 5.32 Å². The van der Waals surface area contributed by atoms with E-state index in [4.69, 9.17) is 11.5 Å². The zero-order chi connectivity index (χ0) is 12.0. The first-order valence-corrected chi connectivity index (χ1v) is 5.89. The summed E-state index contributed by atoms with van der Waals surface area (Å²) >= 11 is 0. The Morgan fingerprint density at radius 2 is 2.31 bits per heavy atom. The van der Waals surface area contributed by atoms with E-state index in [9.17, 15) is 0 Å². The van der Waals surface area contributed by atoms with Gasteiger partial charge in [0.1, 0.15) is 5.66 Å². The van der Waals surface area contributed by atoms with Gasteiger partial charge in [-0.25, -0.2) is 4.99 Å². The molecule has 5 heteroatoms. The number of nitrogens with two attached hydrogens (primary N) is 2. The van der Waals surface area contributed by atoms with Crippen LogP contribution in [0.3, 0.4) is 0 Å². The number of nitrogens with one attached hydrogen (secondary N) is 2. The van der Waals surface area contributed by atoms with Crippen molar-refractivity contribution in [2.45, 2.75) is 38.3 Å². The molecule has 0 aromatic carbocycles. The highest BCUT2D eigenvalue weighted by atomic mass is 15.2. The van der Waals surface area contributed by atoms with Gasteiger partial charge in [-0.15, -0.1) is 0 Å². The predicted molar refractivity (Wildman–Crippen MR) is 67.8 cm³/mol. The normalized spacial score (nSPS) is 24.7. The number of likely N-dealkylation sites (N-methyl/N-ethyl adjacent to an activating group) is 1. The van der Waals surface area contributed by atoms with Crippen molar-refractivity contribution in [3.63, 3.8) is 0 Å². The lowest BCUT2D eigenvalue weighted by atomic mass is 10.0. The number of nitrogens with zero attached hydrogens (tertiary/aromatic N) is 1. The van der Waals surface area contributed by atoms with Crippen LogP contribution in [0.2, 0.25) is 0 Å². The Labute approximate surface area is 97.4 Å². The number of hydrogen-bond acceptors (Lipinski definition) is 5. The first-order chi connectivity index (χ1) is 7.65. The molecule has 0 aromatic rings. The maximum atomic E-state index is 5.80. The molecule has 1 heterocycles. The molecule has 0 spiro atoms. The molecule has 0 fully saturated rings. The van der Waals surface area contributed by atoms with Gasteiger partial charge < -0.3 is 16.8 Å². The number of aliphatic imine (C=N–C) groups is 1. The van der Waals surface area contributed by atoms with E-state index in [2.05, 4.69) is 28.6 Å². The minimum atomic E-state index is -0.423. The molecule has 92 valence electrons. The molecular formula is C11H23N5. The zero-order valence-electron chi connectivity index (χ0n) is 10.2. The number of guanidine groups is 1. The summed E-state index contributed by atoms with van der Waals surface area (Å²) in [5.74, 6) is 0.469. The van der Waals surface area contributed by atoms with Gasteiger partial charge in [-0.1, -0.05) is 13.3 Å². The quantitative estimate of drug-likeness (QED) is 0.521. The van der Waals surface area contributed by atoms with Crippen LogP contribution < -0.4 is 22.1 Å². The molecule has 0 bridgehead atoms. The van der Waals surface area contributed by atoms with Gasteiger partial charge in [0, 0.05) is 12.1 Å². The summed E-state index contributed by atoms with van der Waals surface area (Å²) < 4.78 is 0. The van der Waals surface area contributed by atoms with E-state index < -0.39 is 5.66 Å². The summed E-state index contributed by atoms with van der Waals surface area (Å²) in [4.78, 5) is 4.40. The molecule has 6 N–H and O–H groups in total. The number of allylic oxidation sites excluding steroid dienone is 1. The van der Waals surface area contributed by atoms with E-state index in [1.807, 2.05) is 7.05 Å². The maximum absolute atomic E-state index is 5.80. The van der Waals surface area contributed by atoms with Crippen LogP contribution in [0.5, 0.6) is 0 Å². The van der Waals surface area contributed by atoms with Crippen LogP contribution in [0.1, 0.15) is 32.6 Å². The van der Waals surface area contributed by atoms with Gasteiger partial charge in [0.05, 0.1) is 0 Å². The topological polar surface area (TPSA) is 88.5 Å². The molecule has 1 atom stereocenters. The van der Waals surface area contributed by atoms with Crippen LogP contribution in [0.4, 0.5) is 0 Å². The van der Waals surface area contributed by atoms with Crippen LogP contribution in [0.25, 0.3) is 0 Å². The van der Waals surface area contributed by atoms with Gasteiger partial charge in [-0.2, -0.15) is 0 Å². The SMILES string of the molecule is CCCCC1=CC(CCN)(NC)N=C(N)N1. The molecule has 0 aliphatic carbocycles. The van der Waals surface area contributed by atoms with E-state index in [-0.39, 0.29) is 0 Å². The Kier molecular flexibility index (Phi) is 4.76. The first kappa shape index (κ1) is 13.0. The average molecular weight is 225 g/mol. The predicted octanol–water partition coefficient (Wildman–Crippen LogP) is 0.243. The Morgan fingerprint density at radius 1 is 1.56 bits per heavy atom. The van der Waals surface area contributed by atoms with Crippen LogP contribution in [0.15, 0.2) is 16.8 Å². The third-order valence-corrected chi connectivity index (χ3v) is 2.78. The van der Waals surface area contributed by atoms with Gasteiger partial charge in [-0.05, 0) is 32.5 Å². The van der Waals surface area contributed by atoms with Crippen LogP contribution in [-0.2, 0) is 0 Å². The van der Waals surface area contributed by atoms with Crippen molar-refractivity contribution < 1.29 is 0 Å². The molecule has 16 heavy (non-hydrogen) atoms. The second-order valence-electron chi connectivity index (χ2n) is 4.11. The largest absolute Gasteiger partial charge is 0.370 e. The van der Waals surface area contributed by atoms with E-state index in [0.29, 0.717) is 12.5 Å². The molecule has 0 amide bonds. The second kappa shape index (κ2) is 5.86. The maximum Gasteiger partial charge on any atom is 0.195 e. The van der Waals surface area contributed by atoms with E-state index in [1.165, 1.54) is 6.42 Å². The van der Waals surface area contributed by atoms with Gasteiger partial charge >= 0.3 is 0 Å². The molecule has 0 radical (unpaired) electrons. The summed E-state index contributed by atoms with van der Waals surface area (Å²) in [6.07, 6.45) is 6.17. The lowest BCUT2D eigenvalue weighted by molar-refractivity contribution is 0.416. The first-order valence-electron chi connectivity index (χ1n) is 5.89. The Balaban J connectivity index is 2.80. The van der Waals surface area contributed by atoms with Gasteiger partial charge in [0.25, 0.3) is 0 Å². The molecule has 0 aromatic heterocycles. The fourth-order valence-electron chi connectivity index (χ4n) is 1.87. The lowest BCUT2D eigenvalue weighted by Crippen LogP contribution is -2.49. The molecule has 0 saturated carbocycles. The standard InChI is InChI=1S/C11H23N5/c1-3-4-5-9-8-11(14-2,6-7-12)16-10(13)15-9/h8,14H,3-7,12H2,1-2H3,(H3,13,15,16).